The first kappa shape index (κ1) is 19.6. The summed E-state index contributed by atoms with van der Waals surface area (Å²) in [5, 5.41) is 4.73. The lowest BCUT2D eigenvalue weighted by molar-refractivity contribution is 0.0576. The number of nitrogens with zero attached hydrogens (tertiary/aromatic N) is 5. The molecule has 0 radical (unpaired) electrons. The fourth-order valence-electron chi connectivity index (χ4n) is 2.57. The Kier molecular flexibility index (Phi) is 5.39. The number of anilines is 1. The molecule has 1 amide bonds. The van der Waals surface area contributed by atoms with E-state index in [1.54, 1.807) is 28.5 Å². The van der Waals surface area contributed by atoms with E-state index in [4.69, 9.17) is 16.3 Å². The Morgan fingerprint density at radius 1 is 1.37 bits per heavy atom. The highest BCUT2D eigenvalue weighted by molar-refractivity contribution is 7.09. The molecule has 0 bridgehead atoms. The van der Waals surface area contributed by atoms with Crippen LogP contribution in [0.25, 0.3) is 5.65 Å². The first-order valence-electron chi connectivity index (χ1n) is 8.58. The van der Waals surface area contributed by atoms with E-state index in [9.17, 15) is 4.79 Å². The highest BCUT2D eigenvalue weighted by atomic mass is 35.5. The molecule has 0 aliphatic carbocycles. The normalized spacial score (nSPS) is 12.0. The summed E-state index contributed by atoms with van der Waals surface area (Å²) in [6, 6.07) is 1.62. The number of halogens is 1. The molecule has 144 valence electrons. The summed E-state index contributed by atoms with van der Waals surface area (Å²) in [5.74, 6) is 0.720. The number of carbonyl (C=O) groups is 1. The van der Waals surface area contributed by atoms with Crippen LogP contribution in [0.15, 0.2) is 24.0 Å². The zero-order valence-corrected chi connectivity index (χ0v) is 17.5. The van der Waals surface area contributed by atoms with Gasteiger partial charge in [0.25, 0.3) is 0 Å². The first-order chi connectivity index (χ1) is 12.7. The van der Waals surface area contributed by atoms with Gasteiger partial charge in [0.05, 0.1) is 18.3 Å². The molecule has 3 aromatic rings. The van der Waals surface area contributed by atoms with Crippen LogP contribution in [-0.2, 0) is 11.3 Å². The molecule has 7 nitrogen and oxygen atoms in total. The van der Waals surface area contributed by atoms with Gasteiger partial charge in [-0.15, -0.1) is 11.3 Å². The topological polar surface area (TPSA) is 72.6 Å². The standard InChI is InChI=1S/C18H22ClN5O2S/c1-11(2)13-8-21-24-15(6-14(19)22-16(13)24)23(9-12-7-20-10-27-12)17(25)26-18(3,4)5/h6-8,10-11H,9H2,1-5H3. The molecular formula is C18H22ClN5O2S. The van der Waals surface area contributed by atoms with Gasteiger partial charge in [-0.2, -0.15) is 9.61 Å². The highest BCUT2D eigenvalue weighted by Crippen LogP contribution is 2.28. The second kappa shape index (κ2) is 7.44. The maximum Gasteiger partial charge on any atom is 0.416 e. The smallest absolute Gasteiger partial charge is 0.416 e. The van der Waals surface area contributed by atoms with Crippen molar-refractivity contribution in [2.75, 3.05) is 4.90 Å². The number of thiazole rings is 1. The van der Waals surface area contributed by atoms with Crippen molar-refractivity contribution in [3.8, 4) is 0 Å². The van der Waals surface area contributed by atoms with E-state index < -0.39 is 11.7 Å². The zero-order chi connectivity index (χ0) is 19.8. The van der Waals surface area contributed by atoms with Crippen molar-refractivity contribution in [2.24, 2.45) is 0 Å². The van der Waals surface area contributed by atoms with Gasteiger partial charge in [0, 0.05) is 22.7 Å². The Hall–Kier alpha value is -2.19. The second-order valence-corrected chi connectivity index (χ2v) is 8.82. The molecule has 0 saturated heterocycles. The minimum atomic E-state index is -0.633. The van der Waals surface area contributed by atoms with E-state index in [1.165, 1.54) is 16.2 Å². The third-order valence-electron chi connectivity index (χ3n) is 3.76. The Bertz CT molecular complexity index is 947. The highest BCUT2D eigenvalue weighted by Gasteiger charge is 2.27. The third-order valence-corrected chi connectivity index (χ3v) is 4.72. The Morgan fingerprint density at radius 2 is 2.11 bits per heavy atom. The van der Waals surface area contributed by atoms with Crippen molar-refractivity contribution in [1.29, 1.82) is 0 Å². The van der Waals surface area contributed by atoms with Gasteiger partial charge < -0.3 is 4.74 Å². The van der Waals surface area contributed by atoms with E-state index in [1.807, 2.05) is 20.8 Å². The number of carbonyl (C=O) groups excluding carboxylic acids is 1. The van der Waals surface area contributed by atoms with Crippen molar-refractivity contribution in [3.63, 3.8) is 0 Å². The van der Waals surface area contributed by atoms with Crippen molar-refractivity contribution in [1.82, 2.24) is 19.6 Å². The van der Waals surface area contributed by atoms with Crippen LogP contribution >= 0.6 is 22.9 Å². The lowest BCUT2D eigenvalue weighted by Gasteiger charge is -2.27. The fourth-order valence-corrected chi connectivity index (χ4v) is 3.33. The monoisotopic (exact) mass is 407 g/mol. The van der Waals surface area contributed by atoms with Gasteiger partial charge >= 0.3 is 6.09 Å². The number of fused-ring (bicyclic) bond motifs is 1. The first-order valence-corrected chi connectivity index (χ1v) is 9.83. The predicted molar refractivity (Wildman–Crippen MR) is 107 cm³/mol. The quantitative estimate of drug-likeness (QED) is 0.575. The maximum atomic E-state index is 13.0. The molecule has 3 heterocycles. The molecule has 27 heavy (non-hydrogen) atoms. The minimum absolute atomic E-state index is 0.220. The van der Waals surface area contributed by atoms with Gasteiger partial charge in [-0.25, -0.2) is 9.78 Å². The number of rotatable bonds is 4. The summed E-state index contributed by atoms with van der Waals surface area (Å²) >= 11 is 7.74. The molecule has 3 rings (SSSR count). The van der Waals surface area contributed by atoms with E-state index >= 15 is 0 Å². The molecule has 9 heteroatoms. The number of aromatic nitrogens is 4. The van der Waals surface area contributed by atoms with Crippen molar-refractivity contribution in [3.05, 3.63) is 39.6 Å². The summed E-state index contributed by atoms with van der Waals surface area (Å²) in [5.41, 5.74) is 2.68. The summed E-state index contributed by atoms with van der Waals surface area (Å²) in [4.78, 5) is 23.9. The number of hydrogen-bond acceptors (Lipinski definition) is 6. The number of hydrogen-bond donors (Lipinski definition) is 0. The van der Waals surface area contributed by atoms with Crippen LogP contribution in [0.4, 0.5) is 10.6 Å². The molecule has 0 atom stereocenters. The van der Waals surface area contributed by atoms with Crippen molar-refractivity contribution >= 4 is 40.5 Å². The van der Waals surface area contributed by atoms with Gasteiger partial charge in [0.2, 0.25) is 0 Å². The van der Waals surface area contributed by atoms with E-state index in [2.05, 4.69) is 28.9 Å². The summed E-state index contributed by atoms with van der Waals surface area (Å²) < 4.78 is 7.24. The van der Waals surface area contributed by atoms with Crippen molar-refractivity contribution < 1.29 is 9.53 Å². The van der Waals surface area contributed by atoms with Crippen LogP contribution in [0, 0.1) is 0 Å². The molecule has 0 saturated carbocycles. The molecule has 0 spiro atoms. The van der Waals surface area contributed by atoms with Crippen LogP contribution in [0.2, 0.25) is 5.15 Å². The largest absolute Gasteiger partial charge is 0.443 e. The molecule has 0 fully saturated rings. The van der Waals surface area contributed by atoms with Gasteiger partial charge in [-0.05, 0) is 26.7 Å². The zero-order valence-electron chi connectivity index (χ0n) is 15.9. The average molecular weight is 408 g/mol. The summed E-state index contributed by atoms with van der Waals surface area (Å²) in [7, 11) is 0. The average Bonchev–Trinajstić information content (AvgIpc) is 3.19. The third kappa shape index (κ3) is 4.39. The van der Waals surface area contributed by atoms with Gasteiger partial charge in [0.1, 0.15) is 16.6 Å². The molecule has 0 aromatic carbocycles. The Labute approximate surface area is 166 Å². The van der Waals surface area contributed by atoms with Crippen LogP contribution in [0.5, 0.6) is 0 Å². The van der Waals surface area contributed by atoms with Gasteiger partial charge in [-0.3, -0.25) is 9.88 Å². The van der Waals surface area contributed by atoms with Gasteiger partial charge in [0.15, 0.2) is 5.65 Å². The lowest BCUT2D eigenvalue weighted by atomic mass is 10.1. The maximum absolute atomic E-state index is 13.0. The molecule has 0 aliphatic heterocycles. The van der Waals surface area contributed by atoms with Gasteiger partial charge in [-0.1, -0.05) is 25.4 Å². The Balaban J connectivity index is 2.12. The number of amides is 1. The second-order valence-electron chi connectivity index (χ2n) is 7.46. The predicted octanol–water partition coefficient (Wildman–Crippen LogP) is 4.90. The summed E-state index contributed by atoms with van der Waals surface area (Å²) in [6.45, 7) is 9.90. The summed E-state index contributed by atoms with van der Waals surface area (Å²) in [6.07, 6.45) is 3.00. The molecule has 0 N–H and O–H groups in total. The Morgan fingerprint density at radius 3 is 2.70 bits per heavy atom. The van der Waals surface area contributed by atoms with Crippen LogP contribution in [0.3, 0.4) is 0 Å². The molecular weight excluding hydrogens is 386 g/mol. The van der Waals surface area contributed by atoms with E-state index in [0.29, 0.717) is 18.0 Å². The molecule has 0 aliphatic rings. The molecule has 3 aromatic heterocycles. The SMILES string of the molecule is CC(C)c1cnn2c(N(Cc3cncs3)C(=O)OC(C)(C)C)cc(Cl)nc12. The fraction of sp³-hybridized carbons (Fsp3) is 0.444. The van der Waals surface area contributed by atoms with Crippen LogP contribution in [0.1, 0.15) is 51.0 Å². The molecule has 0 unspecified atom stereocenters. The lowest BCUT2D eigenvalue weighted by Crippen LogP contribution is -2.37. The van der Waals surface area contributed by atoms with E-state index in [0.717, 1.165) is 10.4 Å². The van der Waals surface area contributed by atoms with Crippen LogP contribution in [-0.4, -0.2) is 31.3 Å². The minimum Gasteiger partial charge on any atom is -0.443 e. The van der Waals surface area contributed by atoms with Crippen molar-refractivity contribution in [2.45, 2.75) is 52.7 Å². The van der Waals surface area contributed by atoms with E-state index in [-0.39, 0.29) is 11.1 Å². The van der Waals surface area contributed by atoms with Crippen LogP contribution < -0.4 is 4.90 Å². The number of ether oxygens (including phenoxy) is 1.